The van der Waals surface area contributed by atoms with Gasteiger partial charge in [0.1, 0.15) is 11.2 Å². The van der Waals surface area contributed by atoms with Crippen LogP contribution >= 0.6 is 0 Å². The van der Waals surface area contributed by atoms with Crippen molar-refractivity contribution in [1.82, 2.24) is 0 Å². The number of furan rings is 1. The predicted molar refractivity (Wildman–Crippen MR) is 248 cm³/mol. The number of fused-ring (bicyclic) bond motifs is 11. The number of nitrogens with one attached hydrogen (secondary N) is 1. The van der Waals surface area contributed by atoms with E-state index in [0.29, 0.717) is 0 Å². The van der Waals surface area contributed by atoms with Crippen molar-refractivity contribution in [2.24, 2.45) is 0 Å². The van der Waals surface area contributed by atoms with E-state index in [9.17, 15) is 0 Å². The van der Waals surface area contributed by atoms with Gasteiger partial charge in [-0.05, 0) is 99.8 Å². The van der Waals surface area contributed by atoms with E-state index in [4.69, 9.17) is 4.42 Å². The summed E-state index contributed by atoms with van der Waals surface area (Å²) in [6.45, 7) is 7.55. The summed E-state index contributed by atoms with van der Waals surface area (Å²) in [5.74, 6) is 0. The highest BCUT2D eigenvalue weighted by atomic mass is 16.3. The van der Waals surface area contributed by atoms with Gasteiger partial charge in [0.25, 0.3) is 0 Å². The number of anilines is 2. The number of para-hydroxylation sites is 1. The van der Waals surface area contributed by atoms with Crippen molar-refractivity contribution >= 4 is 62.3 Å². The Morgan fingerprint density at radius 1 is 0.569 bits per heavy atom. The van der Waals surface area contributed by atoms with E-state index in [0.717, 1.165) is 42.7 Å². The highest BCUT2D eigenvalue weighted by Gasteiger charge is 2.52. The number of rotatable bonds is 5. The summed E-state index contributed by atoms with van der Waals surface area (Å²) < 4.78 is 7.13. The van der Waals surface area contributed by atoms with Crippen molar-refractivity contribution < 1.29 is 4.42 Å². The minimum Gasteiger partial charge on any atom is -0.456 e. The quantitative estimate of drug-likeness (QED) is 0.177. The molecule has 2 atom stereocenters. The van der Waals surface area contributed by atoms with Gasteiger partial charge in [-0.1, -0.05) is 177 Å². The molecule has 0 saturated heterocycles. The van der Waals surface area contributed by atoms with Crippen molar-refractivity contribution in [2.75, 3.05) is 5.32 Å². The zero-order valence-corrected chi connectivity index (χ0v) is 33.5. The standard InChI is InChI=1S/C55H46BNO/c1-35-46-32-40(37-18-8-5-9-19-37)33-47(35)56-52-45(34-44-43-22-12-13-23-49(43)58-53(44)51(52)55(3)31-15-14-30-54(46,55)2)50-42-21-11-10-20-39(42)26-29-48(50)57-41-27-24-38(25-28-41)36-16-6-4-7-17-36/h4-13,16-29,32-34,56-57H,14-15,30-31H2,1-3H3. The summed E-state index contributed by atoms with van der Waals surface area (Å²) in [4.78, 5) is 0. The third-order valence-corrected chi connectivity index (χ3v) is 14.2. The first kappa shape index (κ1) is 34.9. The van der Waals surface area contributed by atoms with Crippen molar-refractivity contribution in [3.05, 3.63) is 180 Å². The van der Waals surface area contributed by atoms with Crippen LogP contribution in [0.5, 0.6) is 0 Å². The molecule has 1 fully saturated rings. The maximum absolute atomic E-state index is 7.13. The first-order chi connectivity index (χ1) is 28.4. The average molecular weight is 748 g/mol. The molecular formula is C55H46BNO. The fourth-order valence-electron chi connectivity index (χ4n) is 10.9. The summed E-state index contributed by atoms with van der Waals surface area (Å²) in [5.41, 5.74) is 18.6. The first-order valence-electron chi connectivity index (χ1n) is 21.0. The van der Waals surface area contributed by atoms with Crippen LogP contribution in [0, 0.1) is 6.92 Å². The summed E-state index contributed by atoms with van der Waals surface area (Å²) in [6.07, 6.45) is 4.65. The summed E-state index contributed by atoms with van der Waals surface area (Å²) >= 11 is 0. The Bertz CT molecular complexity index is 3040. The Hall–Kier alpha value is -6.32. The highest BCUT2D eigenvalue weighted by molar-refractivity contribution is 6.70. The molecule has 1 aromatic heterocycles. The molecule has 1 N–H and O–H groups in total. The van der Waals surface area contributed by atoms with E-state index in [1.807, 2.05) is 0 Å². The minimum atomic E-state index is -0.189. The second kappa shape index (κ2) is 13.4. The summed E-state index contributed by atoms with van der Waals surface area (Å²) in [6, 6.07) is 60.1. The second-order valence-corrected chi connectivity index (χ2v) is 17.3. The fourth-order valence-corrected chi connectivity index (χ4v) is 10.9. The largest absolute Gasteiger partial charge is 0.456 e. The van der Waals surface area contributed by atoms with Gasteiger partial charge in [0.2, 0.25) is 0 Å². The van der Waals surface area contributed by atoms with Crippen molar-refractivity contribution in [2.45, 2.75) is 57.3 Å². The van der Waals surface area contributed by atoms with E-state index in [1.165, 1.54) is 95.4 Å². The molecule has 2 nitrogen and oxygen atoms in total. The lowest BCUT2D eigenvalue weighted by molar-refractivity contribution is 0.172. The molecule has 11 rings (SSSR count). The molecule has 2 heterocycles. The highest BCUT2D eigenvalue weighted by Crippen LogP contribution is 2.57. The van der Waals surface area contributed by atoms with Gasteiger partial charge >= 0.3 is 0 Å². The van der Waals surface area contributed by atoms with Gasteiger partial charge in [0.15, 0.2) is 7.28 Å². The number of hydrogen-bond donors (Lipinski definition) is 1. The van der Waals surface area contributed by atoms with Gasteiger partial charge in [-0.25, -0.2) is 0 Å². The van der Waals surface area contributed by atoms with E-state index >= 15 is 0 Å². The molecule has 280 valence electrons. The van der Waals surface area contributed by atoms with E-state index in [2.05, 4.69) is 190 Å². The van der Waals surface area contributed by atoms with Crippen LogP contribution in [0.25, 0.3) is 66.1 Å². The van der Waals surface area contributed by atoms with Crippen molar-refractivity contribution in [1.29, 1.82) is 0 Å². The SMILES string of the molecule is Cc1c2cc(-c3ccccc3)cc1C1(C)CCCCC1(C)c1c(c(-c3c(Nc4ccc(-c5ccccc5)cc4)ccc4ccccc34)cc3c1oc1ccccc13)B2. The lowest BCUT2D eigenvalue weighted by atomic mass is 9.44. The van der Waals surface area contributed by atoms with Gasteiger partial charge in [-0.2, -0.15) is 0 Å². The van der Waals surface area contributed by atoms with Crippen LogP contribution in [0.1, 0.15) is 56.2 Å². The summed E-state index contributed by atoms with van der Waals surface area (Å²) in [7, 11) is 0.817. The number of benzene rings is 8. The van der Waals surface area contributed by atoms with Crippen LogP contribution in [-0.2, 0) is 10.8 Å². The lowest BCUT2D eigenvalue weighted by Gasteiger charge is -2.53. The normalized spacial score (nSPS) is 18.6. The van der Waals surface area contributed by atoms with Crippen LogP contribution in [0.15, 0.2) is 168 Å². The van der Waals surface area contributed by atoms with Crippen LogP contribution in [0.2, 0.25) is 0 Å². The van der Waals surface area contributed by atoms with E-state index < -0.39 is 0 Å². The molecular weight excluding hydrogens is 701 g/mol. The smallest absolute Gasteiger partial charge is 0.194 e. The maximum Gasteiger partial charge on any atom is 0.194 e. The molecule has 0 radical (unpaired) electrons. The molecule has 1 saturated carbocycles. The second-order valence-electron chi connectivity index (χ2n) is 17.3. The Morgan fingerprint density at radius 3 is 1.97 bits per heavy atom. The molecule has 3 heteroatoms. The predicted octanol–water partition coefficient (Wildman–Crippen LogP) is 13.3. The Kier molecular flexibility index (Phi) is 8.05. The molecule has 0 amide bonds. The molecule has 0 spiro atoms. The van der Waals surface area contributed by atoms with Gasteiger partial charge in [-0.3, -0.25) is 0 Å². The third kappa shape index (κ3) is 5.33. The number of hydrogen-bond acceptors (Lipinski definition) is 2. The lowest BCUT2D eigenvalue weighted by Crippen LogP contribution is -2.54. The minimum absolute atomic E-state index is 0.116. The monoisotopic (exact) mass is 747 g/mol. The molecule has 9 aromatic rings. The third-order valence-electron chi connectivity index (χ3n) is 14.2. The van der Waals surface area contributed by atoms with E-state index in [-0.39, 0.29) is 10.8 Å². The topological polar surface area (TPSA) is 25.2 Å². The molecule has 1 aliphatic carbocycles. The zero-order chi connectivity index (χ0) is 39.0. The van der Waals surface area contributed by atoms with Crippen molar-refractivity contribution in [3.63, 3.8) is 0 Å². The Balaban J connectivity index is 1.22. The summed E-state index contributed by atoms with van der Waals surface area (Å²) in [5, 5.41) is 8.82. The Labute approximate surface area is 341 Å². The van der Waals surface area contributed by atoms with E-state index in [1.54, 1.807) is 0 Å². The maximum atomic E-state index is 7.13. The van der Waals surface area contributed by atoms with Crippen LogP contribution < -0.4 is 16.2 Å². The van der Waals surface area contributed by atoms with Crippen LogP contribution in [0.4, 0.5) is 11.4 Å². The Morgan fingerprint density at radius 2 is 1.21 bits per heavy atom. The molecule has 2 aliphatic rings. The van der Waals surface area contributed by atoms with Gasteiger partial charge in [0.05, 0.1) is 0 Å². The van der Waals surface area contributed by atoms with Crippen LogP contribution in [-0.4, -0.2) is 7.28 Å². The first-order valence-corrected chi connectivity index (χ1v) is 21.0. The average Bonchev–Trinajstić information content (AvgIpc) is 3.63. The van der Waals surface area contributed by atoms with Crippen molar-refractivity contribution in [3.8, 4) is 33.4 Å². The molecule has 8 aromatic carbocycles. The zero-order valence-electron chi connectivity index (χ0n) is 33.5. The molecule has 58 heavy (non-hydrogen) atoms. The van der Waals surface area contributed by atoms with Crippen LogP contribution in [0.3, 0.4) is 0 Å². The fraction of sp³-hybridized carbons (Fsp3) is 0.164. The van der Waals surface area contributed by atoms with Gasteiger partial charge < -0.3 is 9.73 Å². The molecule has 2 unspecified atom stereocenters. The van der Waals surface area contributed by atoms with Gasteiger partial charge in [-0.15, -0.1) is 0 Å². The van der Waals surface area contributed by atoms with Gasteiger partial charge in [0, 0.05) is 38.5 Å². The molecule has 1 aliphatic heterocycles. The molecule has 2 bridgehead atoms.